The molecule has 1 fully saturated rings. The van der Waals surface area contributed by atoms with Crippen molar-refractivity contribution in [2.45, 2.75) is 13.0 Å². The molecule has 154 valence electrons. The molecular formula is C20H22N8O2. The molecule has 0 unspecified atom stereocenters. The monoisotopic (exact) mass is 406 g/mol. The average Bonchev–Trinajstić information content (AvgIpc) is 3.39. The number of pyridine rings is 1. The molecule has 0 atom stereocenters. The number of ether oxygens (including phenoxy) is 1. The maximum atomic E-state index is 12.1. The van der Waals surface area contributed by atoms with Gasteiger partial charge in [0.05, 0.1) is 26.0 Å². The fourth-order valence-electron chi connectivity index (χ4n) is 3.70. The van der Waals surface area contributed by atoms with Gasteiger partial charge in [-0.15, -0.1) is 5.10 Å². The summed E-state index contributed by atoms with van der Waals surface area (Å²) in [5.41, 5.74) is 8.90. The second-order valence-electron chi connectivity index (χ2n) is 7.29. The molecule has 1 saturated heterocycles. The lowest BCUT2D eigenvalue weighted by Gasteiger charge is -2.26. The van der Waals surface area contributed by atoms with Gasteiger partial charge in [0.25, 0.3) is 0 Å². The van der Waals surface area contributed by atoms with Crippen LogP contribution in [0.5, 0.6) is 0 Å². The minimum Gasteiger partial charge on any atom is -0.382 e. The Hall–Kier alpha value is -3.37. The van der Waals surface area contributed by atoms with Crippen LogP contribution < -0.4 is 5.73 Å². The van der Waals surface area contributed by atoms with Crippen LogP contribution in [-0.4, -0.2) is 74.3 Å². The minimum absolute atomic E-state index is 0.0190. The number of nitrogens with zero attached hydrogens (tertiary/aromatic N) is 7. The van der Waals surface area contributed by atoms with E-state index in [1.807, 2.05) is 10.9 Å². The summed E-state index contributed by atoms with van der Waals surface area (Å²) in [5, 5.41) is 8.87. The normalized spacial score (nSPS) is 16.7. The van der Waals surface area contributed by atoms with Gasteiger partial charge in [-0.1, -0.05) is 0 Å². The number of hydrogen-bond donors (Lipinski definition) is 1. The number of fused-ring (bicyclic) bond motifs is 1. The Labute approximate surface area is 173 Å². The molecule has 2 aliphatic heterocycles. The zero-order valence-electron chi connectivity index (χ0n) is 16.4. The first kappa shape index (κ1) is 18.6. The largest absolute Gasteiger partial charge is 0.382 e. The number of morpholine rings is 1. The van der Waals surface area contributed by atoms with Crippen LogP contribution >= 0.6 is 0 Å². The van der Waals surface area contributed by atoms with Crippen molar-refractivity contribution in [3.8, 4) is 16.9 Å². The number of rotatable bonds is 5. The van der Waals surface area contributed by atoms with E-state index in [0.717, 1.165) is 50.5 Å². The number of anilines is 1. The summed E-state index contributed by atoms with van der Waals surface area (Å²) < 4.78 is 8.87. The minimum atomic E-state index is 0.0190. The van der Waals surface area contributed by atoms with Crippen LogP contribution in [0.3, 0.4) is 0 Å². The van der Waals surface area contributed by atoms with E-state index in [9.17, 15) is 4.79 Å². The van der Waals surface area contributed by atoms with E-state index in [4.69, 9.17) is 10.5 Å². The maximum Gasteiger partial charge on any atom is 0.180 e. The number of aromatic nitrogens is 5. The number of ketones is 1. The molecule has 2 N–H and O–H groups in total. The van der Waals surface area contributed by atoms with Gasteiger partial charge in [0.2, 0.25) is 0 Å². The molecule has 3 aromatic rings. The molecule has 10 heteroatoms. The summed E-state index contributed by atoms with van der Waals surface area (Å²) in [6.45, 7) is 5.18. The Balaban J connectivity index is 1.38. The second kappa shape index (κ2) is 7.81. The van der Waals surface area contributed by atoms with E-state index >= 15 is 0 Å². The van der Waals surface area contributed by atoms with Crippen LogP contribution in [0.2, 0.25) is 0 Å². The number of aliphatic imine (C=N–C) groups is 1. The summed E-state index contributed by atoms with van der Waals surface area (Å²) in [4.78, 5) is 23.2. The van der Waals surface area contributed by atoms with E-state index in [-0.39, 0.29) is 5.78 Å². The Kier molecular flexibility index (Phi) is 4.85. The summed E-state index contributed by atoms with van der Waals surface area (Å²) in [6, 6.07) is 1.68. The van der Waals surface area contributed by atoms with Gasteiger partial charge in [0.15, 0.2) is 17.4 Å². The highest BCUT2D eigenvalue weighted by Crippen LogP contribution is 2.32. The van der Waals surface area contributed by atoms with Crippen LogP contribution in [0.25, 0.3) is 16.9 Å². The van der Waals surface area contributed by atoms with Gasteiger partial charge < -0.3 is 10.5 Å². The molecule has 0 radical (unpaired) electrons. The molecule has 5 rings (SSSR count). The maximum absolute atomic E-state index is 12.1. The predicted octanol–water partition coefficient (Wildman–Crippen LogP) is 1.33. The van der Waals surface area contributed by atoms with Crippen molar-refractivity contribution in [3.63, 3.8) is 0 Å². The van der Waals surface area contributed by atoms with Crippen LogP contribution in [0.15, 0.2) is 35.8 Å². The molecule has 5 heterocycles. The average molecular weight is 406 g/mol. The lowest BCUT2D eigenvalue weighted by molar-refractivity contribution is 0.0360. The highest BCUT2D eigenvalue weighted by molar-refractivity contribution is 6.10. The topological polar surface area (TPSA) is 116 Å². The number of Topliss-reactive ketones (excluding diaryl/α,β-unsaturated/α-hetero) is 1. The van der Waals surface area contributed by atoms with Crippen molar-refractivity contribution in [1.29, 1.82) is 0 Å². The molecule has 0 spiro atoms. The van der Waals surface area contributed by atoms with E-state index in [1.165, 1.54) is 0 Å². The van der Waals surface area contributed by atoms with E-state index in [1.54, 1.807) is 35.6 Å². The Morgan fingerprint density at radius 2 is 2.00 bits per heavy atom. The van der Waals surface area contributed by atoms with E-state index in [2.05, 4.69) is 25.1 Å². The zero-order valence-corrected chi connectivity index (χ0v) is 16.4. The highest BCUT2D eigenvalue weighted by atomic mass is 16.5. The van der Waals surface area contributed by atoms with E-state index in [0.29, 0.717) is 29.3 Å². The number of nitrogen functional groups attached to an aromatic ring is 1. The summed E-state index contributed by atoms with van der Waals surface area (Å²) in [7, 11) is 0. The van der Waals surface area contributed by atoms with Gasteiger partial charge >= 0.3 is 0 Å². The molecule has 0 aromatic carbocycles. The third-order valence-electron chi connectivity index (χ3n) is 5.36. The fourth-order valence-corrected chi connectivity index (χ4v) is 3.70. The van der Waals surface area contributed by atoms with Crippen LogP contribution in [0.1, 0.15) is 16.8 Å². The standard InChI is InChI=1S/C20H22N8O2/c21-19-16(14-11-24-27(12-14)6-5-26-7-9-30-10-8-26)13-28(25-19)20-18-15(1-3-23-20)17(29)2-4-22-18/h1,3-4,11-13H,2,5-10H2,(H2,21,25). The fraction of sp³-hybridized carbons (Fsp3) is 0.350. The zero-order chi connectivity index (χ0) is 20.5. The molecule has 30 heavy (non-hydrogen) atoms. The van der Waals surface area contributed by atoms with Gasteiger partial charge in [-0.25, -0.2) is 9.67 Å². The summed E-state index contributed by atoms with van der Waals surface area (Å²) >= 11 is 0. The smallest absolute Gasteiger partial charge is 0.180 e. The number of hydrogen-bond acceptors (Lipinski definition) is 8. The summed E-state index contributed by atoms with van der Waals surface area (Å²) in [5.74, 6) is 0.869. The third-order valence-corrected chi connectivity index (χ3v) is 5.36. The van der Waals surface area contributed by atoms with Crippen LogP contribution in [0.4, 0.5) is 11.5 Å². The van der Waals surface area contributed by atoms with Gasteiger partial charge in [-0.05, 0) is 6.07 Å². The van der Waals surface area contributed by atoms with Crippen molar-refractivity contribution >= 4 is 23.5 Å². The first-order valence-electron chi connectivity index (χ1n) is 9.92. The molecule has 0 bridgehead atoms. The lowest BCUT2D eigenvalue weighted by atomic mass is 10.1. The highest BCUT2D eigenvalue weighted by Gasteiger charge is 2.21. The van der Waals surface area contributed by atoms with Gasteiger partial charge in [-0.3, -0.25) is 19.4 Å². The van der Waals surface area contributed by atoms with Crippen LogP contribution in [0, 0.1) is 0 Å². The SMILES string of the molecule is Nc1nn(-c2nccc3c2N=CCC3=O)cc1-c1cnn(CCN2CCOCC2)c1. The molecule has 0 aliphatic carbocycles. The predicted molar refractivity (Wildman–Crippen MR) is 111 cm³/mol. The Morgan fingerprint density at radius 1 is 1.13 bits per heavy atom. The van der Waals surface area contributed by atoms with Crippen molar-refractivity contribution < 1.29 is 9.53 Å². The van der Waals surface area contributed by atoms with Crippen molar-refractivity contribution in [1.82, 2.24) is 29.4 Å². The number of carbonyl (C=O) groups excluding carboxylic acids is 1. The van der Waals surface area contributed by atoms with E-state index < -0.39 is 0 Å². The second-order valence-corrected chi connectivity index (χ2v) is 7.29. The van der Waals surface area contributed by atoms with Crippen molar-refractivity contribution in [2.24, 2.45) is 4.99 Å². The lowest BCUT2D eigenvalue weighted by Crippen LogP contribution is -2.38. The number of carbonyl (C=O) groups is 1. The summed E-state index contributed by atoms with van der Waals surface area (Å²) in [6.07, 6.45) is 9.04. The van der Waals surface area contributed by atoms with Crippen molar-refractivity contribution in [2.75, 3.05) is 38.6 Å². The third kappa shape index (κ3) is 3.51. The molecule has 2 aliphatic rings. The molecular weight excluding hydrogens is 384 g/mol. The molecule has 0 amide bonds. The Morgan fingerprint density at radius 3 is 2.87 bits per heavy atom. The number of nitrogens with two attached hydrogens (primary N) is 1. The molecule has 10 nitrogen and oxygen atoms in total. The van der Waals surface area contributed by atoms with Gasteiger partial charge in [-0.2, -0.15) is 5.10 Å². The first-order chi connectivity index (χ1) is 14.7. The quantitative estimate of drug-likeness (QED) is 0.679. The molecule has 0 saturated carbocycles. The van der Waals surface area contributed by atoms with Gasteiger partial charge in [0.1, 0.15) is 5.69 Å². The van der Waals surface area contributed by atoms with Crippen LogP contribution in [-0.2, 0) is 11.3 Å². The molecule has 3 aromatic heterocycles. The van der Waals surface area contributed by atoms with Crippen molar-refractivity contribution in [3.05, 3.63) is 36.4 Å². The van der Waals surface area contributed by atoms with Gasteiger partial charge in [0, 0.05) is 67.6 Å². The first-order valence-corrected chi connectivity index (χ1v) is 9.92. The Bertz CT molecular complexity index is 1110.